The van der Waals surface area contributed by atoms with E-state index in [0.717, 1.165) is 42.9 Å². The molecule has 0 radical (unpaired) electrons. The van der Waals surface area contributed by atoms with Crippen molar-refractivity contribution >= 4 is 0 Å². The van der Waals surface area contributed by atoms with E-state index in [2.05, 4.69) is 13.8 Å². The maximum absolute atomic E-state index is 14.9. The molecule has 1 aromatic carbocycles. The van der Waals surface area contributed by atoms with Crippen molar-refractivity contribution in [2.75, 3.05) is 6.61 Å². The first-order valence-corrected chi connectivity index (χ1v) is 16.2. The number of halogens is 2. The van der Waals surface area contributed by atoms with Crippen LogP contribution in [0, 0.1) is 47.1 Å². The van der Waals surface area contributed by atoms with Crippen molar-refractivity contribution < 1.29 is 13.5 Å². The van der Waals surface area contributed by atoms with Crippen molar-refractivity contribution in [2.24, 2.45) is 35.5 Å². The molecule has 0 aliphatic heterocycles. The molecule has 0 unspecified atom stereocenters. The molecule has 0 spiro atoms. The summed E-state index contributed by atoms with van der Waals surface area (Å²) in [5, 5.41) is 0. The van der Waals surface area contributed by atoms with Gasteiger partial charge in [0.2, 0.25) is 5.82 Å². The minimum atomic E-state index is -0.782. The molecule has 37 heavy (non-hydrogen) atoms. The van der Waals surface area contributed by atoms with Crippen molar-refractivity contribution in [3.8, 4) is 5.75 Å². The topological polar surface area (TPSA) is 9.23 Å². The minimum Gasteiger partial charge on any atom is -0.490 e. The van der Waals surface area contributed by atoms with E-state index in [1.807, 2.05) is 0 Å². The van der Waals surface area contributed by atoms with Crippen molar-refractivity contribution in [1.82, 2.24) is 0 Å². The first-order valence-electron chi connectivity index (χ1n) is 16.2. The second-order valence-corrected chi connectivity index (χ2v) is 13.1. The Balaban J connectivity index is 1.16. The van der Waals surface area contributed by atoms with Gasteiger partial charge in [0.25, 0.3) is 0 Å². The van der Waals surface area contributed by atoms with Crippen LogP contribution in [0.5, 0.6) is 5.75 Å². The van der Waals surface area contributed by atoms with Gasteiger partial charge in [0.15, 0.2) is 11.6 Å². The summed E-state index contributed by atoms with van der Waals surface area (Å²) in [7, 11) is 0. The van der Waals surface area contributed by atoms with Gasteiger partial charge in [0, 0.05) is 0 Å². The summed E-state index contributed by atoms with van der Waals surface area (Å²) in [5.41, 5.74) is 0.525. The Bertz CT molecular complexity index is 783. The van der Waals surface area contributed by atoms with Crippen LogP contribution >= 0.6 is 0 Å². The van der Waals surface area contributed by atoms with E-state index in [9.17, 15) is 8.78 Å². The Hall–Kier alpha value is -1.12. The summed E-state index contributed by atoms with van der Waals surface area (Å²) in [5.74, 6) is 3.47. The molecule has 0 amide bonds. The number of hydrogen-bond acceptors (Lipinski definition) is 1. The van der Waals surface area contributed by atoms with Gasteiger partial charge in [-0.2, -0.15) is 4.39 Å². The fourth-order valence-electron chi connectivity index (χ4n) is 7.93. The van der Waals surface area contributed by atoms with Crippen LogP contribution in [0.25, 0.3) is 0 Å². The zero-order valence-corrected chi connectivity index (χ0v) is 23.9. The lowest BCUT2D eigenvalue weighted by Crippen LogP contribution is -2.26. The third kappa shape index (κ3) is 8.43. The highest BCUT2D eigenvalue weighted by atomic mass is 19.2. The smallest absolute Gasteiger partial charge is 0.200 e. The summed E-state index contributed by atoms with van der Waals surface area (Å²) in [6, 6.07) is 3.44. The van der Waals surface area contributed by atoms with Crippen LogP contribution in [0.1, 0.15) is 135 Å². The minimum absolute atomic E-state index is 0.0989. The molecule has 4 rings (SSSR count). The second-order valence-electron chi connectivity index (χ2n) is 13.1. The molecule has 0 heterocycles. The number of ether oxygens (including phenoxy) is 1. The standard InChI is InChI=1S/C34H54F2O/c1-3-5-7-26-12-17-29(18-13-26)30-19-14-27(15-20-30)16-21-31-22-23-32(34(36)33(31)35)37-24-28-10-8-25(6-4-2)9-11-28/h22-23,25-30H,3-21,24H2,1-2H3/t25-,26-,27-,28-,29-,30-. The third-order valence-corrected chi connectivity index (χ3v) is 10.5. The first kappa shape index (κ1) is 28.9. The fourth-order valence-corrected chi connectivity index (χ4v) is 7.93. The van der Waals surface area contributed by atoms with Crippen molar-refractivity contribution in [3.05, 3.63) is 29.3 Å². The number of rotatable bonds is 12. The molecule has 1 aromatic rings. The van der Waals surface area contributed by atoms with E-state index in [-0.39, 0.29) is 5.75 Å². The largest absolute Gasteiger partial charge is 0.490 e. The Kier molecular flexibility index (Phi) is 11.6. The van der Waals surface area contributed by atoms with Crippen LogP contribution in [-0.4, -0.2) is 6.61 Å². The van der Waals surface area contributed by atoms with Crippen LogP contribution < -0.4 is 4.74 Å². The Morgan fingerprint density at radius 1 is 0.622 bits per heavy atom. The molecular weight excluding hydrogens is 462 g/mol. The zero-order chi connectivity index (χ0) is 26.0. The summed E-state index contributed by atoms with van der Waals surface area (Å²) in [6.45, 7) is 5.07. The number of hydrogen-bond donors (Lipinski definition) is 0. The molecule has 0 aromatic heterocycles. The van der Waals surface area contributed by atoms with Gasteiger partial charge >= 0.3 is 0 Å². The molecule has 3 aliphatic rings. The normalized spacial score (nSPS) is 30.8. The lowest BCUT2D eigenvalue weighted by molar-refractivity contribution is 0.140. The Morgan fingerprint density at radius 3 is 1.76 bits per heavy atom. The van der Waals surface area contributed by atoms with Gasteiger partial charge in [-0.15, -0.1) is 0 Å². The van der Waals surface area contributed by atoms with E-state index in [1.54, 1.807) is 12.1 Å². The van der Waals surface area contributed by atoms with E-state index in [0.29, 0.717) is 30.4 Å². The second kappa shape index (κ2) is 14.9. The molecule has 1 nitrogen and oxygen atoms in total. The predicted octanol–water partition coefficient (Wildman–Crippen LogP) is 10.7. The lowest BCUT2D eigenvalue weighted by Gasteiger charge is -2.38. The average molecular weight is 517 g/mol. The van der Waals surface area contributed by atoms with Crippen LogP contribution in [0.2, 0.25) is 0 Å². The summed E-state index contributed by atoms with van der Waals surface area (Å²) in [4.78, 5) is 0. The van der Waals surface area contributed by atoms with E-state index >= 15 is 0 Å². The third-order valence-electron chi connectivity index (χ3n) is 10.5. The van der Waals surface area contributed by atoms with Crippen LogP contribution in [0.4, 0.5) is 8.78 Å². The van der Waals surface area contributed by atoms with Gasteiger partial charge in [-0.1, -0.05) is 90.5 Å². The molecule has 3 aliphatic carbocycles. The maximum atomic E-state index is 14.9. The molecular formula is C34H54F2O. The predicted molar refractivity (Wildman–Crippen MR) is 151 cm³/mol. The zero-order valence-electron chi connectivity index (χ0n) is 23.9. The van der Waals surface area contributed by atoms with E-state index < -0.39 is 11.6 Å². The SMILES string of the molecule is CCCC[C@H]1CC[C@H]([C@H]2CC[C@H](CCc3ccc(OC[C@H]4CC[C@H](CCC)CC4)c(F)c3F)CC2)CC1. The molecule has 210 valence electrons. The van der Waals surface area contributed by atoms with Gasteiger partial charge in [-0.05, 0) is 98.5 Å². The van der Waals surface area contributed by atoms with Gasteiger partial charge in [0.05, 0.1) is 6.61 Å². The number of benzene rings is 1. The quantitative estimate of drug-likeness (QED) is 0.268. The number of unbranched alkanes of at least 4 members (excludes halogenated alkanes) is 1. The molecule has 3 saturated carbocycles. The summed E-state index contributed by atoms with van der Waals surface area (Å²) >= 11 is 0. The van der Waals surface area contributed by atoms with Gasteiger partial charge in [-0.3, -0.25) is 0 Å². The van der Waals surface area contributed by atoms with Crippen LogP contribution in [-0.2, 0) is 6.42 Å². The highest BCUT2D eigenvalue weighted by molar-refractivity contribution is 5.31. The van der Waals surface area contributed by atoms with Crippen molar-refractivity contribution in [3.63, 3.8) is 0 Å². The molecule has 0 bridgehead atoms. The van der Waals surface area contributed by atoms with Gasteiger partial charge in [0.1, 0.15) is 0 Å². The van der Waals surface area contributed by atoms with Gasteiger partial charge in [-0.25, -0.2) is 4.39 Å². The summed E-state index contributed by atoms with van der Waals surface area (Å²) in [6.07, 6.45) is 24.2. The Labute approximate surface area is 226 Å². The first-order chi connectivity index (χ1) is 18.1. The maximum Gasteiger partial charge on any atom is 0.200 e. The van der Waals surface area contributed by atoms with Crippen molar-refractivity contribution in [1.29, 1.82) is 0 Å². The highest BCUT2D eigenvalue weighted by Crippen LogP contribution is 2.43. The van der Waals surface area contributed by atoms with Gasteiger partial charge < -0.3 is 4.74 Å². The van der Waals surface area contributed by atoms with Crippen LogP contribution in [0.15, 0.2) is 12.1 Å². The Morgan fingerprint density at radius 2 is 1.16 bits per heavy atom. The fraction of sp³-hybridized carbons (Fsp3) is 0.824. The van der Waals surface area contributed by atoms with Crippen LogP contribution in [0.3, 0.4) is 0 Å². The monoisotopic (exact) mass is 516 g/mol. The molecule has 3 heteroatoms. The highest BCUT2D eigenvalue weighted by Gasteiger charge is 2.31. The molecule has 0 atom stereocenters. The molecule has 0 N–H and O–H groups in total. The van der Waals surface area contributed by atoms with Crippen molar-refractivity contribution in [2.45, 2.75) is 136 Å². The number of aryl methyl sites for hydroxylation is 1. The summed E-state index contributed by atoms with van der Waals surface area (Å²) < 4.78 is 35.5. The lowest BCUT2D eigenvalue weighted by atomic mass is 9.68. The molecule has 0 saturated heterocycles. The van der Waals surface area contributed by atoms with E-state index in [1.165, 1.54) is 96.3 Å². The average Bonchev–Trinajstić information content (AvgIpc) is 2.94. The van der Waals surface area contributed by atoms with E-state index in [4.69, 9.17) is 4.74 Å². The molecule has 3 fully saturated rings.